The van der Waals surface area contributed by atoms with Gasteiger partial charge in [-0.3, -0.25) is 4.79 Å². The quantitative estimate of drug-likeness (QED) is 0.623. The van der Waals surface area contributed by atoms with Gasteiger partial charge < -0.3 is 16.4 Å². The number of carbonyl (C=O) groups is 1. The van der Waals surface area contributed by atoms with Crippen molar-refractivity contribution in [3.63, 3.8) is 0 Å². The molecular weight excluding hydrogens is 314 g/mol. The number of anilines is 3. The SMILES string of the molecule is Cc1cccc(CNc2cnc(C(=O)Nc3ccccc3N)cn2)c1. The largest absolute Gasteiger partial charge is 0.397 e. The molecule has 1 amide bonds. The highest BCUT2D eigenvalue weighted by molar-refractivity contribution is 6.04. The molecule has 0 saturated heterocycles. The molecule has 0 aliphatic carbocycles. The number of amides is 1. The molecule has 3 aromatic rings. The highest BCUT2D eigenvalue weighted by Crippen LogP contribution is 2.17. The van der Waals surface area contributed by atoms with Gasteiger partial charge in [0.2, 0.25) is 0 Å². The zero-order valence-electron chi connectivity index (χ0n) is 13.9. The van der Waals surface area contributed by atoms with Gasteiger partial charge in [0.05, 0.1) is 23.8 Å². The summed E-state index contributed by atoms with van der Waals surface area (Å²) >= 11 is 0. The summed E-state index contributed by atoms with van der Waals surface area (Å²) < 4.78 is 0. The molecule has 0 aliphatic heterocycles. The van der Waals surface area contributed by atoms with Crippen molar-refractivity contribution in [1.82, 2.24) is 9.97 Å². The van der Waals surface area contributed by atoms with Crippen LogP contribution in [0.3, 0.4) is 0 Å². The van der Waals surface area contributed by atoms with Crippen molar-refractivity contribution in [2.45, 2.75) is 13.5 Å². The lowest BCUT2D eigenvalue weighted by atomic mass is 10.1. The Labute approximate surface area is 146 Å². The molecule has 3 rings (SSSR count). The molecule has 0 aliphatic rings. The molecule has 0 spiro atoms. The molecule has 0 radical (unpaired) electrons. The van der Waals surface area contributed by atoms with Gasteiger partial charge in [0.15, 0.2) is 0 Å². The summed E-state index contributed by atoms with van der Waals surface area (Å²) in [7, 11) is 0. The summed E-state index contributed by atoms with van der Waals surface area (Å²) in [6.45, 7) is 2.69. The molecule has 1 aromatic heterocycles. The zero-order valence-corrected chi connectivity index (χ0v) is 13.9. The highest BCUT2D eigenvalue weighted by atomic mass is 16.1. The van der Waals surface area contributed by atoms with Crippen LogP contribution in [0, 0.1) is 6.92 Å². The summed E-state index contributed by atoms with van der Waals surface area (Å²) in [5, 5.41) is 5.91. The van der Waals surface area contributed by atoms with Crippen molar-refractivity contribution in [3.05, 3.63) is 77.7 Å². The Morgan fingerprint density at radius 1 is 1.08 bits per heavy atom. The smallest absolute Gasteiger partial charge is 0.275 e. The third-order valence-corrected chi connectivity index (χ3v) is 3.65. The Balaban J connectivity index is 1.61. The Hall–Kier alpha value is -3.41. The summed E-state index contributed by atoms with van der Waals surface area (Å²) in [6.07, 6.45) is 2.98. The minimum absolute atomic E-state index is 0.226. The zero-order chi connectivity index (χ0) is 17.6. The van der Waals surface area contributed by atoms with Crippen molar-refractivity contribution in [3.8, 4) is 0 Å². The van der Waals surface area contributed by atoms with Crippen LogP contribution in [-0.4, -0.2) is 15.9 Å². The molecule has 25 heavy (non-hydrogen) atoms. The number of hydrogen-bond donors (Lipinski definition) is 3. The van der Waals surface area contributed by atoms with E-state index < -0.39 is 0 Å². The van der Waals surface area contributed by atoms with Gasteiger partial charge in [-0.2, -0.15) is 0 Å². The maximum Gasteiger partial charge on any atom is 0.275 e. The molecule has 4 N–H and O–H groups in total. The molecule has 6 nitrogen and oxygen atoms in total. The third-order valence-electron chi connectivity index (χ3n) is 3.65. The van der Waals surface area contributed by atoms with Crippen LogP contribution < -0.4 is 16.4 Å². The van der Waals surface area contributed by atoms with Crippen molar-refractivity contribution < 1.29 is 4.79 Å². The second kappa shape index (κ2) is 7.44. The highest BCUT2D eigenvalue weighted by Gasteiger charge is 2.10. The number of benzene rings is 2. The minimum atomic E-state index is -0.351. The first-order chi connectivity index (χ1) is 12.1. The molecule has 2 aromatic carbocycles. The molecule has 0 atom stereocenters. The van der Waals surface area contributed by atoms with Crippen molar-refractivity contribution in [1.29, 1.82) is 0 Å². The van der Waals surface area contributed by atoms with Gasteiger partial charge in [0.25, 0.3) is 5.91 Å². The van der Waals surface area contributed by atoms with E-state index in [0.717, 1.165) is 5.56 Å². The lowest BCUT2D eigenvalue weighted by molar-refractivity contribution is 0.102. The Kier molecular flexibility index (Phi) is 4.89. The van der Waals surface area contributed by atoms with E-state index in [1.807, 2.05) is 12.1 Å². The third kappa shape index (κ3) is 4.32. The number of hydrogen-bond acceptors (Lipinski definition) is 5. The first-order valence-electron chi connectivity index (χ1n) is 7.89. The van der Waals surface area contributed by atoms with E-state index >= 15 is 0 Å². The molecule has 6 heteroatoms. The van der Waals surface area contributed by atoms with E-state index in [1.165, 1.54) is 11.8 Å². The van der Waals surface area contributed by atoms with Crippen molar-refractivity contribution in [2.75, 3.05) is 16.4 Å². The van der Waals surface area contributed by atoms with Crippen LogP contribution in [0.25, 0.3) is 0 Å². The minimum Gasteiger partial charge on any atom is -0.397 e. The van der Waals surface area contributed by atoms with Crippen LogP contribution in [0.4, 0.5) is 17.2 Å². The van der Waals surface area contributed by atoms with E-state index in [1.54, 1.807) is 30.5 Å². The van der Waals surface area contributed by atoms with Crippen molar-refractivity contribution in [2.24, 2.45) is 0 Å². The van der Waals surface area contributed by atoms with E-state index in [2.05, 4.69) is 39.7 Å². The number of aryl methyl sites for hydroxylation is 1. The molecule has 0 unspecified atom stereocenters. The molecule has 1 heterocycles. The van der Waals surface area contributed by atoms with Crippen LogP contribution in [0.5, 0.6) is 0 Å². The number of aromatic nitrogens is 2. The predicted octanol–water partition coefficient (Wildman–Crippen LogP) is 3.23. The molecular formula is C19H19N5O. The van der Waals surface area contributed by atoms with Gasteiger partial charge in [-0.1, -0.05) is 42.0 Å². The Morgan fingerprint density at radius 2 is 1.92 bits per heavy atom. The van der Waals surface area contributed by atoms with Crippen molar-refractivity contribution >= 4 is 23.1 Å². The normalized spacial score (nSPS) is 10.3. The van der Waals surface area contributed by atoms with Gasteiger partial charge in [-0.05, 0) is 24.6 Å². The number of nitrogens with two attached hydrogens (primary N) is 1. The average Bonchev–Trinajstić information content (AvgIpc) is 2.62. The fourth-order valence-corrected chi connectivity index (χ4v) is 2.35. The first kappa shape index (κ1) is 16.4. The van der Waals surface area contributed by atoms with E-state index in [0.29, 0.717) is 23.7 Å². The standard InChI is InChI=1S/C19H19N5O/c1-13-5-4-6-14(9-13)10-22-18-12-21-17(11-23-18)19(25)24-16-8-3-2-7-15(16)20/h2-9,11-12H,10,20H2,1H3,(H,22,23)(H,24,25). The van der Waals surface area contributed by atoms with Crippen LogP contribution in [-0.2, 0) is 6.54 Å². The van der Waals surface area contributed by atoms with Gasteiger partial charge in [0, 0.05) is 6.54 Å². The maximum absolute atomic E-state index is 12.2. The molecule has 0 fully saturated rings. The maximum atomic E-state index is 12.2. The van der Waals surface area contributed by atoms with E-state index in [-0.39, 0.29) is 11.6 Å². The fraction of sp³-hybridized carbons (Fsp3) is 0.105. The number of nitrogen functional groups attached to an aromatic ring is 1. The number of para-hydroxylation sites is 2. The van der Waals surface area contributed by atoms with E-state index in [9.17, 15) is 4.79 Å². The number of nitrogens with zero attached hydrogens (tertiary/aromatic N) is 2. The molecule has 0 bridgehead atoms. The van der Waals surface area contributed by atoms with Gasteiger partial charge >= 0.3 is 0 Å². The molecule has 126 valence electrons. The van der Waals surface area contributed by atoms with Crippen LogP contribution in [0.15, 0.2) is 60.9 Å². The monoisotopic (exact) mass is 333 g/mol. The summed E-state index contributed by atoms with van der Waals surface area (Å²) in [4.78, 5) is 20.6. The fourth-order valence-electron chi connectivity index (χ4n) is 2.35. The Bertz CT molecular complexity index is 877. The summed E-state index contributed by atoms with van der Waals surface area (Å²) in [5.41, 5.74) is 9.46. The first-order valence-corrected chi connectivity index (χ1v) is 7.89. The van der Waals surface area contributed by atoms with Crippen LogP contribution in [0.2, 0.25) is 0 Å². The lowest BCUT2D eigenvalue weighted by Gasteiger charge is -2.08. The second-order valence-corrected chi connectivity index (χ2v) is 5.67. The summed E-state index contributed by atoms with van der Waals surface area (Å²) in [5.74, 6) is 0.257. The Morgan fingerprint density at radius 3 is 2.64 bits per heavy atom. The van der Waals surface area contributed by atoms with Gasteiger partial charge in [0.1, 0.15) is 11.5 Å². The average molecular weight is 333 g/mol. The number of nitrogens with one attached hydrogen (secondary N) is 2. The number of rotatable bonds is 5. The molecule has 0 saturated carbocycles. The van der Waals surface area contributed by atoms with Crippen LogP contribution in [0.1, 0.15) is 21.6 Å². The van der Waals surface area contributed by atoms with E-state index in [4.69, 9.17) is 5.73 Å². The second-order valence-electron chi connectivity index (χ2n) is 5.67. The predicted molar refractivity (Wildman–Crippen MR) is 99.3 cm³/mol. The van der Waals surface area contributed by atoms with Crippen LogP contribution >= 0.6 is 0 Å². The van der Waals surface area contributed by atoms with Gasteiger partial charge in [-0.15, -0.1) is 0 Å². The lowest BCUT2D eigenvalue weighted by Crippen LogP contribution is -2.15. The topological polar surface area (TPSA) is 92.9 Å². The van der Waals surface area contributed by atoms with Gasteiger partial charge in [-0.25, -0.2) is 9.97 Å². The number of carbonyl (C=O) groups excluding carboxylic acids is 1. The summed E-state index contributed by atoms with van der Waals surface area (Å²) in [6, 6.07) is 15.3.